The molecule has 0 unspecified atom stereocenters. The minimum atomic E-state index is -0.407. The Balaban J connectivity index is 2.66. The van der Waals surface area contributed by atoms with Gasteiger partial charge >= 0.3 is 0 Å². The third-order valence-corrected chi connectivity index (χ3v) is 4.52. The third kappa shape index (κ3) is 2.35. The van der Waals surface area contributed by atoms with Crippen LogP contribution in [-0.2, 0) is 0 Å². The Hall–Kier alpha value is -1.14. The average molecular weight is 374 g/mol. The van der Waals surface area contributed by atoms with E-state index in [2.05, 4.69) is 41.8 Å². The van der Waals surface area contributed by atoms with Crippen LogP contribution in [0.3, 0.4) is 0 Å². The summed E-state index contributed by atoms with van der Waals surface area (Å²) in [5.41, 5.74) is 2.42. The molecule has 0 aliphatic rings. The minimum absolute atomic E-state index is 0.0387. The Morgan fingerprint density at radius 2 is 1.72 bits per heavy atom. The lowest BCUT2D eigenvalue weighted by atomic mass is 10.1. The summed E-state index contributed by atoms with van der Waals surface area (Å²) in [7, 11) is 0. The van der Waals surface area contributed by atoms with Crippen LogP contribution in [0.1, 0.15) is 11.1 Å². The Kier molecular flexibility index (Phi) is 3.59. The number of halogens is 2. The number of benzene rings is 1. The van der Waals surface area contributed by atoms with Crippen LogP contribution < -0.4 is 5.56 Å². The number of hydrogen-bond acceptors (Lipinski definition) is 3. The van der Waals surface area contributed by atoms with Crippen LogP contribution in [0.25, 0.3) is 11.4 Å². The van der Waals surface area contributed by atoms with Crippen molar-refractivity contribution in [1.29, 1.82) is 0 Å². The van der Waals surface area contributed by atoms with Gasteiger partial charge in [0.2, 0.25) is 5.88 Å². The Bertz CT molecular complexity index is 657. The molecule has 1 aromatic carbocycles. The van der Waals surface area contributed by atoms with Crippen LogP contribution >= 0.6 is 31.9 Å². The molecule has 0 atom stereocenters. The molecule has 0 fully saturated rings. The first-order chi connectivity index (χ1) is 8.40. The molecule has 1 heterocycles. The van der Waals surface area contributed by atoms with Gasteiger partial charge in [-0.25, -0.2) is 0 Å². The summed E-state index contributed by atoms with van der Waals surface area (Å²) >= 11 is 6.44. The topological polar surface area (TPSA) is 66.0 Å². The molecule has 0 aliphatic heterocycles. The van der Waals surface area contributed by atoms with Crippen LogP contribution in [0.15, 0.2) is 25.9 Å². The lowest BCUT2D eigenvalue weighted by Crippen LogP contribution is -2.09. The highest BCUT2D eigenvalue weighted by Crippen LogP contribution is 2.27. The van der Waals surface area contributed by atoms with Crippen molar-refractivity contribution in [3.05, 3.63) is 42.6 Å². The van der Waals surface area contributed by atoms with Crippen molar-refractivity contribution in [1.82, 2.24) is 9.97 Å². The Morgan fingerprint density at radius 3 is 2.22 bits per heavy atom. The molecule has 2 aromatic rings. The van der Waals surface area contributed by atoms with Crippen molar-refractivity contribution in [2.24, 2.45) is 0 Å². The van der Waals surface area contributed by atoms with Gasteiger partial charge in [-0.1, -0.05) is 15.9 Å². The molecule has 4 nitrogen and oxygen atoms in total. The second-order valence-electron chi connectivity index (χ2n) is 3.98. The predicted octanol–water partition coefficient (Wildman–Crippen LogP) is 3.28. The van der Waals surface area contributed by atoms with Crippen molar-refractivity contribution in [3.8, 4) is 17.3 Å². The number of aromatic nitrogens is 2. The number of hydrogen-bond donors (Lipinski definition) is 2. The van der Waals surface area contributed by atoms with Crippen molar-refractivity contribution >= 4 is 31.9 Å². The lowest BCUT2D eigenvalue weighted by molar-refractivity contribution is 0.448. The van der Waals surface area contributed by atoms with Gasteiger partial charge in [0, 0.05) is 10.0 Å². The molecule has 0 saturated carbocycles. The molecular weight excluding hydrogens is 364 g/mol. The van der Waals surface area contributed by atoms with E-state index in [-0.39, 0.29) is 10.4 Å². The molecule has 6 heteroatoms. The highest BCUT2D eigenvalue weighted by molar-refractivity contribution is 9.10. The van der Waals surface area contributed by atoms with Crippen LogP contribution in [-0.4, -0.2) is 15.1 Å². The van der Waals surface area contributed by atoms with E-state index in [4.69, 9.17) is 0 Å². The van der Waals surface area contributed by atoms with Gasteiger partial charge in [-0.2, -0.15) is 4.98 Å². The fourth-order valence-electron chi connectivity index (χ4n) is 1.67. The van der Waals surface area contributed by atoms with Crippen molar-refractivity contribution in [2.75, 3.05) is 0 Å². The van der Waals surface area contributed by atoms with Crippen LogP contribution in [0.5, 0.6) is 5.88 Å². The number of aromatic amines is 1. The molecule has 2 N–H and O–H groups in total. The summed E-state index contributed by atoms with van der Waals surface area (Å²) in [6.07, 6.45) is 0. The minimum Gasteiger partial charge on any atom is -0.492 e. The van der Waals surface area contributed by atoms with E-state index < -0.39 is 5.56 Å². The lowest BCUT2D eigenvalue weighted by Gasteiger charge is -2.08. The molecule has 18 heavy (non-hydrogen) atoms. The van der Waals surface area contributed by atoms with E-state index >= 15 is 0 Å². The predicted molar refractivity (Wildman–Crippen MR) is 76.8 cm³/mol. The van der Waals surface area contributed by atoms with Crippen LogP contribution in [0, 0.1) is 13.8 Å². The van der Waals surface area contributed by atoms with Crippen molar-refractivity contribution in [3.63, 3.8) is 0 Å². The molecule has 0 aliphatic carbocycles. The van der Waals surface area contributed by atoms with E-state index in [0.29, 0.717) is 5.82 Å². The number of rotatable bonds is 1. The van der Waals surface area contributed by atoms with Gasteiger partial charge < -0.3 is 10.1 Å². The fourth-order valence-corrected chi connectivity index (χ4v) is 2.08. The highest BCUT2D eigenvalue weighted by Gasteiger charge is 2.11. The van der Waals surface area contributed by atoms with Gasteiger partial charge in [0.05, 0.1) is 0 Å². The van der Waals surface area contributed by atoms with E-state index in [0.717, 1.165) is 21.2 Å². The quantitative estimate of drug-likeness (QED) is 0.806. The third-order valence-electron chi connectivity index (χ3n) is 2.56. The molecule has 2 rings (SSSR count). The number of H-pyrrole nitrogens is 1. The highest BCUT2D eigenvalue weighted by atomic mass is 79.9. The van der Waals surface area contributed by atoms with Gasteiger partial charge in [0.1, 0.15) is 10.3 Å². The fraction of sp³-hybridized carbons (Fsp3) is 0.167. The summed E-state index contributed by atoms with van der Waals surface area (Å²) < 4.78 is 1.06. The first-order valence-corrected chi connectivity index (χ1v) is 6.74. The van der Waals surface area contributed by atoms with Crippen molar-refractivity contribution < 1.29 is 5.11 Å². The molecule has 0 bridgehead atoms. The number of nitrogens with zero attached hydrogens (tertiary/aromatic N) is 1. The standard InChI is InChI=1S/C12H10Br2N2O2/c1-5-3-7(4-6(2)8(5)13)10-15-11(17)9(14)12(18)16-10/h3-4H,1-2H3,(H2,15,16,17,18). The van der Waals surface area contributed by atoms with Gasteiger partial charge in [-0.15, -0.1) is 0 Å². The second-order valence-corrected chi connectivity index (χ2v) is 5.56. The summed E-state index contributed by atoms with van der Waals surface area (Å²) in [6, 6.07) is 3.78. The van der Waals surface area contributed by atoms with Gasteiger partial charge in [-0.05, 0) is 53.0 Å². The Labute approximate surface area is 120 Å². The van der Waals surface area contributed by atoms with E-state index in [1.165, 1.54) is 0 Å². The SMILES string of the molecule is Cc1cc(-c2nc(O)c(Br)c(=O)[nH]2)cc(C)c1Br. The zero-order valence-electron chi connectivity index (χ0n) is 9.71. The number of aromatic hydroxyl groups is 1. The summed E-state index contributed by atoms with van der Waals surface area (Å²) in [5.74, 6) is 0.0337. The summed E-state index contributed by atoms with van der Waals surface area (Å²) in [5, 5.41) is 9.55. The monoisotopic (exact) mass is 372 g/mol. The van der Waals surface area contributed by atoms with E-state index in [9.17, 15) is 9.90 Å². The number of aryl methyl sites for hydroxylation is 2. The molecule has 0 radical (unpaired) electrons. The van der Waals surface area contributed by atoms with Crippen LogP contribution in [0.2, 0.25) is 0 Å². The van der Waals surface area contributed by atoms with E-state index in [1.807, 2.05) is 26.0 Å². The van der Waals surface area contributed by atoms with Crippen LogP contribution in [0.4, 0.5) is 0 Å². The largest absolute Gasteiger partial charge is 0.492 e. The zero-order valence-corrected chi connectivity index (χ0v) is 12.9. The maximum absolute atomic E-state index is 11.6. The molecule has 0 saturated heterocycles. The molecular formula is C12H10Br2N2O2. The second kappa shape index (κ2) is 4.85. The summed E-state index contributed by atoms with van der Waals surface area (Å²) in [6.45, 7) is 3.91. The van der Waals surface area contributed by atoms with E-state index in [1.54, 1.807) is 0 Å². The first kappa shape index (κ1) is 13.3. The van der Waals surface area contributed by atoms with Crippen molar-refractivity contribution in [2.45, 2.75) is 13.8 Å². The molecule has 1 aromatic heterocycles. The molecule has 0 spiro atoms. The normalized spacial score (nSPS) is 10.7. The maximum atomic E-state index is 11.6. The molecule has 0 amide bonds. The maximum Gasteiger partial charge on any atom is 0.269 e. The Morgan fingerprint density at radius 1 is 1.17 bits per heavy atom. The average Bonchev–Trinajstić information content (AvgIpc) is 2.31. The zero-order chi connectivity index (χ0) is 13.4. The van der Waals surface area contributed by atoms with Gasteiger partial charge in [0.15, 0.2) is 0 Å². The van der Waals surface area contributed by atoms with Gasteiger partial charge in [0.25, 0.3) is 5.56 Å². The first-order valence-electron chi connectivity index (χ1n) is 5.16. The smallest absolute Gasteiger partial charge is 0.269 e. The summed E-state index contributed by atoms with van der Waals surface area (Å²) in [4.78, 5) is 18.1. The van der Waals surface area contributed by atoms with Gasteiger partial charge in [-0.3, -0.25) is 4.79 Å². The molecule has 94 valence electrons. The number of nitrogens with one attached hydrogen (secondary N) is 1.